The van der Waals surface area contributed by atoms with Gasteiger partial charge in [-0.1, -0.05) is 36.2 Å². The topological polar surface area (TPSA) is 32.3 Å². The van der Waals surface area contributed by atoms with Crippen molar-refractivity contribution in [1.29, 1.82) is 0 Å². The van der Waals surface area contributed by atoms with Crippen molar-refractivity contribution >= 4 is 23.2 Å². The van der Waals surface area contributed by atoms with Gasteiger partial charge in [0, 0.05) is 19.2 Å². The molecule has 1 unspecified atom stereocenters. The van der Waals surface area contributed by atoms with Gasteiger partial charge in [-0.15, -0.1) is 0 Å². The minimum atomic E-state index is 0.215. The van der Waals surface area contributed by atoms with E-state index in [0.29, 0.717) is 16.1 Å². The van der Waals surface area contributed by atoms with Crippen molar-refractivity contribution in [2.45, 2.75) is 32.4 Å². The Hall–Kier alpha value is -0.280. The van der Waals surface area contributed by atoms with Gasteiger partial charge in [-0.3, -0.25) is 0 Å². The lowest BCUT2D eigenvalue weighted by molar-refractivity contribution is 0.262. The van der Waals surface area contributed by atoms with Gasteiger partial charge in [-0.25, -0.2) is 0 Å². The van der Waals surface area contributed by atoms with Crippen molar-refractivity contribution in [3.8, 4) is 0 Å². The molecule has 1 aromatic carbocycles. The van der Waals surface area contributed by atoms with E-state index in [9.17, 15) is 0 Å². The fourth-order valence-electron chi connectivity index (χ4n) is 1.52. The van der Waals surface area contributed by atoms with Gasteiger partial charge in [0.25, 0.3) is 0 Å². The molecule has 1 atom stereocenters. The molecule has 0 spiro atoms. The lowest BCUT2D eigenvalue weighted by Gasteiger charge is -2.15. The van der Waals surface area contributed by atoms with Crippen LogP contribution in [0, 0.1) is 0 Å². The first kappa shape index (κ1) is 13.8. The summed E-state index contributed by atoms with van der Waals surface area (Å²) in [7, 11) is 0. The molecule has 0 aliphatic rings. The lowest BCUT2D eigenvalue weighted by atomic mass is 10.1. The molecule has 0 saturated heterocycles. The quantitative estimate of drug-likeness (QED) is 0.824. The Balaban J connectivity index is 2.50. The van der Waals surface area contributed by atoms with Crippen LogP contribution in [0.4, 0.5) is 0 Å². The van der Waals surface area contributed by atoms with Crippen LogP contribution in [0.3, 0.4) is 0 Å². The van der Waals surface area contributed by atoms with Gasteiger partial charge in [0.2, 0.25) is 0 Å². The molecule has 0 saturated carbocycles. The fourth-order valence-corrected chi connectivity index (χ4v) is 1.84. The summed E-state index contributed by atoms with van der Waals surface area (Å²) < 4.78 is 0. The third-order valence-corrected chi connectivity index (χ3v) is 3.29. The Bertz CT molecular complexity index is 331. The Morgan fingerprint density at radius 3 is 2.62 bits per heavy atom. The summed E-state index contributed by atoms with van der Waals surface area (Å²) in [6, 6.07) is 5.96. The van der Waals surface area contributed by atoms with Crippen LogP contribution in [-0.2, 0) is 6.54 Å². The van der Waals surface area contributed by atoms with Crippen LogP contribution in [0.15, 0.2) is 18.2 Å². The molecule has 0 aromatic heterocycles. The predicted octanol–water partition coefficient (Wildman–Crippen LogP) is 3.24. The molecule has 4 heteroatoms. The standard InChI is InChI=1S/C12H17Cl2NO/c1-2-10(5-6-16)15-8-9-3-4-11(13)12(14)7-9/h3-4,7,10,15-16H,2,5-6,8H2,1H3. The second-order valence-electron chi connectivity index (χ2n) is 3.75. The van der Waals surface area contributed by atoms with Crippen molar-refractivity contribution in [3.05, 3.63) is 33.8 Å². The summed E-state index contributed by atoms with van der Waals surface area (Å²) in [5, 5.41) is 13.4. The number of hydrogen-bond donors (Lipinski definition) is 2. The summed E-state index contributed by atoms with van der Waals surface area (Å²) in [5.74, 6) is 0. The minimum Gasteiger partial charge on any atom is -0.396 e. The maximum Gasteiger partial charge on any atom is 0.0595 e. The number of halogens is 2. The van der Waals surface area contributed by atoms with E-state index in [4.69, 9.17) is 28.3 Å². The van der Waals surface area contributed by atoms with Crippen molar-refractivity contribution in [2.75, 3.05) is 6.61 Å². The average Bonchev–Trinajstić information content (AvgIpc) is 2.28. The second kappa shape index (κ2) is 7.13. The molecule has 16 heavy (non-hydrogen) atoms. The normalized spacial score (nSPS) is 12.8. The van der Waals surface area contributed by atoms with Gasteiger partial charge < -0.3 is 10.4 Å². The van der Waals surface area contributed by atoms with E-state index in [1.807, 2.05) is 12.1 Å². The number of aliphatic hydroxyl groups excluding tert-OH is 1. The zero-order chi connectivity index (χ0) is 12.0. The molecule has 0 fully saturated rings. The highest BCUT2D eigenvalue weighted by atomic mass is 35.5. The number of benzene rings is 1. The van der Waals surface area contributed by atoms with Crippen LogP contribution in [0.25, 0.3) is 0 Å². The molecule has 0 aliphatic carbocycles. The second-order valence-corrected chi connectivity index (χ2v) is 4.56. The Kier molecular flexibility index (Phi) is 6.14. The maximum atomic E-state index is 8.87. The largest absolute Gasteiger partial charge is 0.396 e. The first-order valence-corrected chi connectivity index (χ1v) is 6.21. The SMILES string of the molecule is CCC(CCO)NCc1ccc(Cl)c(Cl)c1. The van der Waals surface area contributed by atoms with Gasteiger partial charge in [0.15, 0.2) is 0 Å². The summed E-state index contributed by atoms with van der Waals surface area (Å²) in [6.07, 6.45) is 1.78. The third-order valence-electron chi connectivity index (χ3n) is 2.55. The van der Waals surface area contributed by atoms with Crippen molar-refractivity contribution in [1.82, 2.24) is 5.32 Å². The third kappa shape index (κ3) is 4.30. The van der Waals surface area contributed by atoms with Gasteiger partial charge in [-0.05, 0) is 30.5 Å². The van der Waals surface area contributed by atoms with Crippen LogP contribution < -0.4 is 5.32 Å². The van der Waals surface area contributed by atoms with Gasteiger partial charge in [0.05, 0.1) is 10.0 Å². The molecule has 1 rings (SSSR count). The first-order valence-electron chi connectivity index (χ1n) is 5.45. The van der Waals surface area contributed by atoms with E-state index in [2.05, 4.69) is 12.2 Å². The van der Waals surface area contributed by atoms with Crippen molar-refractivity contribution in [3.63, 3.8) is 0 Å². The molecule has 0 bridgehead atoms. The average molecular weight is 262 g/mol. The number of aliphatic hydroxyl groups is 1. The van der Waals surface area contributed by atoms with Crippen molar-refractivity contribution in [2.24, 2.45) is 0 Å². The van der Waals surface area contributed by atoms with E-state index < -0.39 is 0 Å². The number of hydrogen-bond acceptors (Lipinski definition) is 2. The van der Waals surface area contributed by atoms with Gasteiger partial charge >= 0.3 is 0 Å². The minimum absolute atomic E-state index is 0.215. The molecular formula is C12H17Cl2NO. The molecule has 1 aromatic rings. The van der Waals surface area contributed by atoms with Crippen LogP contribution in [0.1, 0.15) is 25.3 Å². The van der Waals surface area contributed by atoms with Crippen LogP contribution in [0.5, 0.6) is 0 Å². The zero-order valence-electron chi connectivity index (χ0n) is 9.34. The zero-order valence-corrected chi connectivity index (χ0v) is 10.9. The van der Waals surface area contributed by atoms with E-state index in [-0.39, 0.29) is 6.61 Å². The maximum absolute atomic E-state index is 8.87. The molecule has 0 radical (unpaired) electrons. The highest BCUT2D eigenvalue weighted by Crippen LogP contribution is 2.22. The Morgan fingerprint density at radius 1 is 1.31 bits per heavy atom. The Labute approximate surface area is 107 Å². The van der Waals surface area contributed by atoms with Crippen LogP contribution in [0.2, 0.25) is 10.0 Å². The summed E-state index contributed by atoms with van der Waals surface area (Å²) in [5.41, 5.74) is 1.10. The summed E-state index contributed by atoms with van der Waals surface area (Å²) in [6.45, 7) is 3.06. The summed E-state index contributed by atoms with van der Waals surface area (Å²) >= 11 is 11.8. The highest BCUT2D eigenvalue weighted by Gasteiger charge is 2.05. The van der Waals surface area contributed by atoms with E-state index in [0.717, 1.165) is 24.9 Å². The molecule has 2 N–H and O–H groups in total. The molecule has 0 amide bonds. The summed E-state index contributed by atoms with van der Waals surface area (Å²) in [4.78, 5) is 0. The van der Waals surface area contributed by atoms with Gasteiger partial charge in [0.1, 0.15) is 0 Å². The predicted molar refractivity (Wildman–Crippen MR) is 69.1 cm³/mol. The monoisotopic (exact) mass is 261 g/mol. The van der Waals surface area contributed by atoms with Gasteiger partial charge in [-0.2, -0.15) is 0 Å². The molecule has 90 valence electrons. The Morgan fingerprint density at radius 2 is 2.06 bits per heavy atom. The smallest absolute Gasteiger partial charge is 0.0595 e. The van der Waals surface area contributed by atoms with E-state index in [1.165, 1.54) is 0 Å². The van der Waals surface area contributed by atoms with Crippen molar-refractivity contribution < 1.29 is 5.11 Å². The fraction of sp³-hybridized carbons (Fsp3) is 0.500. The van der Waals surface area contributed by atoms with Crippen LogP contribution >= 0.6 is 23.2 Å². The molecule has 0 aliphatic heterocycles. The van der Waals surface area contributed by atoms with E-state index in [1.54, 1.807) is 6.07 Å². The molecule has 0 heterocycles. The highest BCUT2D eigenvalue weighted by molar-refractivity contribution is 6.42. The van der Waals surface area contributed by atoms with Crippen LogP contribution in [-0.4, -0.2) is 17.8 Å². The first-order chi connectivity index (χ1) is 7.67. The number of rotatable bonds is 6. The molecular weight excluding hydrogens is 245 g/mol. The lowest BCUT2D eigenvalue weighted by Crippen LogP contribution is -2.28. The van der Waals surface area contributed by atoms with E-state index >= 15 is 0 Å². The number of nitrogens with one attached hydrogen (secondary N) is 1. The molecule has 2 nitrogen and oxygen atoms in total.